The lowest BCUT2D eigenvalue weighted by Gasteiger charge is -2.32. The Kier molecular flexibility index (Phi) is 5.08. The molecule has 6 rings (SSSR count). The highest BCUT2D eigenvalue weighted by Crippen LogP contribution is 2.62. The number of allylic oxidation sites excluding steroid dienone is 4. The Balaban J connectivity index is 1.73. The molecule has 0 aliphatic heterocycles. The molecule has 0 nitrogen and oxygen atoms in total. The summed E-state index contributed by atoms with van der Waals surface area (Å²) in [4.78, 5) is 0. The largest absolute Gasteiger partial charge is 0.0845 e. The molecule has 0 fully saturated rings. The Hall–Kier alpha value is -3.35. The maximum absolute atomic E-state index is 6.19. The fraction of sp³-hybridized carbons (Fsp3) is 0.152. The van der Waals surface area contributed by atoms with Crippen LogP contribution in [-0.2, 0) is 5.41 Å². The fourth-order valence-corrected chi connectivity index (χ4v) is 6.24. The van der Waals surface area contributed by atoms with Crippen LogP contribution in [0.4, 0.5) is 0 Å². The van der Waals surface area contributed by atoms with Crippen LogP contribution in [0.5, 0.6) is 0 Å². The molecule has 4 aromatic rings. The van der Waals surface area contributed by atoms with Crippen molar-refractivity contribution in [3.63, 3.8) is 0 Å². The van der Waals surface area contributed by atoms with Gasteiger partial charge in [0.05, 0.1) is 5.41 Å². The molecule has 0 saturated heterocycles. The van der Waals surface area contributed by atoms with Crippen LogP contribution in [0, 0.1) is 0 Å². The van der Waals surface area contributed by atoms with E-state index in [0.29, 0.717) is 0 Å². The topological polar surface area (TPSA) is 0 Å². The molecule has 0 bridgehead atoms. The lowest BCUT2D eigenvalue weighted by atomic mass is 9.69. The predicted molar refractivity (Wildman–Crippen MR) is 145 cm³/mol. The van der Waals surface area contributed by atoms with Crippen LogP contribution in [0.1, 0.15) is 48.9 Å². The molecule has 1 unspecified atom stereocenters. The molecule has 0 aromatic heterocycles. The molecule has 0 saturated carbocycles. The first-order valence-electron chi connectivity index (χ1n) is 12.2. The van der Waals surface area contributed by atoms with Gasteiger partial charge in [-0.3, -0.25) is 0 Å². The van der Waals surface area contributed by atoms with Gasteiger partial charge in [-0.2, -0.15) is 0 Å². The molecule has 2 aliphatic carbocycles. The van der Waals surface area contributed by atoms with Gasteiger partial charge in [-0.1, -0.05) is 110 Å². The number of hydrogen-bond acceptors (Lipinski definition) is 0. The molecular weight excluding hydrogens is 432 g/mol. The van der Waals surface area contributed by atoms with Gasteiger partial charge >= 0.3 is 0 Å². The normalized spacial score (nSPS) is 18.0. The first-order valence-corrected chi connectivity index (χ1v) is 12.6. The van der Waals surface area contributed by atoms with Gasteiger partial charge in [-0.15, -0.1) is 0 Å². The molecule has 0 heterocycles. The van der Waals surface area contributed by atoms with Crippen LogP contribution in [-0.4, -0.2) is 0 Å². The van der Waals surface area contributed by atoms with Crippen molar-refractivity contribution in [2.45, 2.75) is 32.1 Å². The Morgan fingerprint density at radius 3 is 2.00 bits per heavy atom. The summed E-state index contributed by atoms with van der Waals surface area (Å²) in [5, 5.41) is 0.765. The van der Waals surface area contributed by atoms with Gasteiger partial charge in [0.15, 0.2) is 0 Å². The van der Waals surface area contributed by atoms with Crippen molar-refractivity contribution >= 4 is 17.2 Å². The Bertz CT molecular complexity index is 1470. The van der Waals surface area contributed by atoms with E-state index in [9.17, 15) is 0 Å². The van der Waals surface area contributed by atoms with E-state index in [1.54, 1.807) is 0 Å². The van der Waals surface area contributed by atoms with Gasteiger partial charge in [-0.25, -0.2) is 0 Å². The molecular formula is C33H27Cl. The summed E-state index contributed by atoms with van der Waals surface area (Å²) in [5.41, 5.74) is 13.3. The molecule has 34 heavy (non-hydrogen) atoms. The molecule has 0 N–H and O–H groups in total. The van der Waals surface area contributed by atoms with Crippen molar-refractivity contribution in [1.29, 1.82) is 0 Å². The number of hydrogen-bond donors (Lipinski definition) is 0. The van der Waals surface area contributed by atoms with Gasteiger partial charge in [0, 0.05) is 5.02 Å². The number of benzene rings is 4. The van der Waals surface area contributed by atoms with Crippen molar-refractivity contribution in [3.05, 3.63) is 136 Å². The van der Waals surface area contributed by atoms with Gasteiger partial charge in [0.1, 0.15) is 0 Å². The summed E-state index contributed by atoms with van der Waals surface area (Å²) in [6, 6.07) is 33.2. The van der Waals surface area contributed by atoms with E-state index in [1.807, 2.05) is 12.1 Å². The third-order valence-electron chi connectivity index (χ3n) is 7.48. The number of rotatable bonds is 4. The minimum Gasteiger partial charge on any atom is -0.0845 e. The lowest BCUT2D eigenvalue weighted by Crippen LogP contribution is -2.26. The molecule has 1 atom stereocenters. The van der Waals surface area contributed by atoms with Crippen LogP contribution >= 0.6 is 11.6 Å². The zero-order valence-corrected chi connectivity index (χ0v) is 20.4. The minimum atomic E-state index is -0.290. The summed E-state index contributed by atoms with van der Waals surface area (Å²) in [6.07, 6.45) is 6.75. The molecule has 0 radical (unpaired) electrons. The zero-order chi connectivity index (χ0) is 23.3. The van der Waals surface area contributed by atoms with Crippen molar-refractivity contribution in [3.8, 4) is 22.3 Å². The molecule has 2 aliphatic rings. The monoisotopic (exact) mass is 458 g/mol. The Morgan fingerprint density at radius 2 is 1.29 bits per heavy atom. The smallest absolute Gasteiger partial charge is 0.0722 e. The second-order valence-corrected chi connectivity index (χ2v) is 9.60. The SMILES string of the molecule is CC/C=C\C1=C(CC)c2ccccc2C12c1ccccc1-c1ccc(-c3ccc(Cl)cc3)cc12. The molecule has 166 valence electrons. The van der Waals surface area contributed by atoms with Gasteiger partial charge < -0.3 is 0 Å². The maximum atomic E-state index is 6.19. The highest BCUT2D eigenvalue weighted by Gasteiger charge is 2.51. The van der Waals surface area contributed by atoms with Gasteiger partial charge in [-0.05, 0) is 86.7 Å². The molecule has 1 spiro atoms. The summed E-state index contributed by atoms with van der Waals surface area (Å²) < 4.78 is 0. The summed E-state index contributed by atoms with van der Waals surface area (Å²) in [5.74, 6) is 0. The van der Waals surface area contributed by atoms with Gasteiger partial charge in [0.25, 0.3) is 0 Å². The maximum Gasteiger partial charge on any atom is 0.0722 e. The van der Waals surface area contributed by atoms with Crippen LogP contribution in [0.2, 0.25) is 5.02 Å². The molecule has 1 heteroatoms. The van der Waals surface area contributed by atoms with Gasteiger partial charge in [0.2, 0.25) is 0 Å². The highest BCUT2D eigenvalue weighted by atomic mass is 35.5. The average Bonchev–Trinajstić information content (AvgIpc) is 3.33. The number of fused-ring (bicyclic) bond motifs is 7. The fourth-order valence-electron chi connectivity index (χ4n) is 6.11. The van der Waals surface area contributed by atoms with Crippen molar-refractivity contribution < 1.29 is 0 Å². The first-order chi connectivity index (χ1) is 16.7. The summed E-state index contributed by atoms with van der Waals surface area (Å²) in [6.45, 7) is 4.50. The Labute approximate surface area is 207 Å². The van der Waals surface area contributed by atoms with E-state index in [2.05, 4.69) is 105 Å². The summed E-state index contributed by atoms with van der Waals surface area (Å²) in [7, 11) is 0. The van der Waals surface area contributed by atoms with E-state index in [4.69, 9.17) is 11.6 Å². The third kappa shape index (κ3) is 2.85. The Morgan fingerprint density at radius 1 is 0.676 bits per heavy atom. The zero-order valence-electron chi connectivity index (χ0n) is 19.6. The van der Waals surface area contributed by atoms with E-state index >= 15 is 0 Å². The van der Waals surface area contributed by atoms with Crippen LogP contribution in [0.3, 0.4) is 0 Å². The van der Waals surface area contributed by atoms with Crippen molar-refractivity contribution in [2.75, 3.05) is 0 Å². The second-order valence-electron chi connectivity index (χ2n) is 9.16. The predicted octanol–water partition coefficient (Wildman–Crippen LogP) is 9.47. The standard InChI is InChI=1S/C33H27Cl/c1-3-5-12-29-25(4-2)26-10-6-8-13-30(26)33(29)31-14-9-7-11-27(31)28-20-17-23(21-32(28)33)22-15-18-24(34)19-16-22/h5-21H,3-4H2,1-2H3/b12-5-. The second kappa shape index (κ2) is 8.15. The minimum absolute atomic E-state index is 0.290. The van der Waals surface area contributed by atoms with Crippen LogP contribution in [0.25, 0.3) is 27.8 Å². The van der Waals surface area contributed by atoms with E-state index < -0.39 is 0 Å². The van der Waals surface area contributed by atoms with Crippen molar-refractivity contribution in [1.82, 2.24) is 0 Å². The van der Waals surface area contributed by atoms with Crippen LogP contribution < -0.4 is 0 Å². The van der Waals surface area contributed by atoms with E-state index in [1.165, 1.54) is 55.7 Å². The van der Waals surface area contributed by atoms with Crippen LogP contribution in [0.15, 0.2) is 109 Å². The quantitative estimate of drug-likeness (QED) is 0.285. The average molecular weight is 459 g/mol. The molecule has 0 amide bonds. The van der Waals surface area contributed by atoms with E-state index in [-0.39, 0.29) is 5.41 Å². The number of halogens is 1. The first kappa shape index (κ1) is 21.2. The molecule has 4 aromatic carbocycles. The van der Waals surface area contributed by atoms with Crippen molar-refractivity contribution in [2.24, 2.45) is 0 Å². The summed E-state index contributed by atoms with van der Waals surface area (Å²) >= 11 is 6.19. The van der Waals surface area contributed by atoms with E-state index in [0.717, 1.165) is 17.9 Å². The third-order valence-corrected chi connectivity index (χ3v) is 7.73. The highest BCUT2D eigenvalue weighted by molar-refractivity contribution is 6.30. The lowest BCUT2D eigenvalue weighted by molar-refractivity contribution is 0.784.